The van der Waals surface area contributed by atoms with Crippen molar-refractivity contribution >= 4 is 5.91 Å². The molecule has 1 N–H and O–H groups in total. The Bertz CT molecular complexity index is 598. The summed E-state index contributed by atoms with van der Waals surface area (Å²) in [6, 6.07) is 6.59. The largest absolute Gasteiger partial charge is 0.356 e. The Morgan fingerprint density at radius 1 is 1.08 bits per heavy atom. The van der Waals surface area contributed by atoms with Crippen LogP contribution in [0, 0.1) is 37.0 Å². The van der Waals surface area contributed by atoms with Crippen LogP contribution >= 0.6 is 0 Å². The first kappa shape index (κ1) is 16.2. The van der Waals surface area contributed by atoms with E-state index in [-0.39, 0.29) is 0 Å². The second kappa shape index (κ2) is 6.20. The summed E-state index contributed by atoms with van der Waals surface area (Å²) in [5.41, 5.74) is 4.36. The van der Waals surface area contributed by atoms with Crippen LogP contribution in [0.1, 0.15) is 61.6 Å². The number of rotatable bonds is 5. The zero-order chi connectivity index (χ0) is 16.7. The van der Waals surface area contributed by atoms with Crippen molar-refractivity contribution in [1.82, 2.24) is 5.32 Å². The highest BCUT2D eigenvalue weighted by Gasteiger charge is 2.51. The molecule has 4 saturated carbocycles. The Balaban J connectivity index is 1.30. The average molecular weight is 325 g/mol. The molecule has 0 unspecified atom stereocenters. The lowest BCUT2D eigenvalue weighted by molar-refractivity contribution is -0.129. The number of benzene rings is 1. The number of carbonyl (C=O) groups is 1. The third-order valence-corrected chi connectivity index (χ3v) is 6.92. The molecule has 4 aliphatic rings. The molecule has 4 fully saturated rings. The molecule has 0 spiro atoms. The molecule has 1 amide bonds. The quantitative estimate of drug-likeness (QED) is 0.844. The first-order chi connectivity index (χ1) is 11.5. The van der Waals surface area contributed by atoms with Crippen LogP contribution in [0.5, 0.6) is 0 Å². The van der Waals surface area contributed by atoms with Crippen molar-refractivity contribution in [2.75, 3.05) is 6.54 Å². The summed E-state index contributed by atoms with van der Waals surface area (Å²) in [6.07, 6.45) is 10.0. The van der Waals surface area contributed by atoms with Gasteiger partial charge in [-0.1, -0.05) is 23.8 Å². The minimum absolute atomic E-state index is 0.294. The van der Waals surface area contributed by atoms with Gasteiger partial charge < -0.3 is 5.32 Å². The smallest absolute Gasteiger partial charge is 0.220 e. The van der Waals surface area contributed by atoms with Gasteiger partial charge >= 0.3 is 0 Å². The summed E-state index contributed by atoms with van der Waals surface area (Å²) < 4.78 is 0. The maximum atomic E-state index is 12.6. The molecule has 24 heavy (non-hydrogen) atoms. The summed E-state index contributed by atoms with van der Waals surface area (Å²) >= 11 is 0. The van der Waals surface area contributed by atoms with Crippen molar-refractivity contribution in [2.24, 2.45) is 23.2 Å². The molecule has 0 aliphatic heterocycles. The van der Waals surface area contributed by atoms with E-state index in [1.165, 1.54) is 55.2 Å². The summed E-state index contributed by atoms with van der Waals surface area (Å²) in [5.74, 6) is 3.08. The minimum atomic E-state index is 0.294. The van der Waals surface area contributed by atoms with Gasteiger partial charge in [-0.05, 0) is 93.1 Å². The Labute approximate surface area is 146 Å². The van der Waals surface area contributed by atoms with Gasteiger partial charge in [0, 0.05) is 13.0 Å². The van der Waals surface area contributed by atoms with Crippen LogP contribution in [0.2, 0.25) is 0 Å². The predicted molar refractivity (Wildman–Crippen MR) is 97.9 cm³/mol. The van der Waals surface area contributed by atoms with Gasteiger partial charge in [-0.25, -0.2) is 0 Å². The normalized spacial score (nSPS) is 33.7. The van der Waals surface area contributed by atoms with Crippen LogP contribution in [0.25, 0.3) is 0 Å². The maximum absolute atomic E-state index is 12.6. The van der Waals surface area contributed by atoms with E-state index in [9.17, 15) is 4.79 Å². The van der Waals surface area contributed by atoms with Gasteiger partial charge in [0.15, 0.2) is 0 Å². The third-order valence-electron chi connectivity index (χ3n) is 6.92. The van der Waals surface area contributed by atoms with Crippen molar-refractivity contribution in [3.05, 3.63) is 34.9 Å². The number of hydrogen-bond acceptors (Lipinski definition) is 1. The van der Waals surface area contributed by atoms with Gasteiger partial charge in [0.05, 0.1) is 0 Å². The Morgan fingerprint density at radius 2 is 1.71 bits per heavy atom. The first-order valence-corrected chi connectivity index (χ1v) is 9.84. The van der Waals surface area contributed by atoms with E-state index in [4.69, 9.17) is 0 Å². The molecule has 130 valence electrons. The fraction of sp³-hybridized carbons (Fsp3) is 0.682. The predicted octanol–water partition coefficient (Wildman–Crippen LogP) is 4.57. The molecule has 4 aliphatic carbocycles. The van der Waals surface area contributed by atoms with Gasteiger partial charge in [0.2, 0.25) is 5.91 Å². The summed E-state index contributed by atoms with van der Waals surface area (Å²) in [5, 5.41) is 3.21. The van der Waals surface area contributed by atoms with Crippen LogP contribution in [-0.4, -0.2) is 12.5 Å². The van der Waals surface area contributed by atoms with Gasteiger partial charge in [0.1, 0.15) is 0 Å². The van der Waals surface area contributed by atoms with Crippen LogP contribution in [0.4, 0.5) is 0 Å². The lowest BCUT2D eigenvalue weighted by Crippen LogP contribution is -2.48. The first-order valence-electron chi connectivity index (χ1n) is 9.84. The standard InChI is InChI=1S/C22H31NO/c1-15-3-4-16(2)20(7-15)5-6-23-21(24)14-22-11-17-8-18(12-22)10-19(9-17)13-22/h3-4,7,17-19H,5-6,8-14H2,1-2H3,(H,23,24). The fourth-order valence-electron chi connectivity index (χ4n) is 6.32. The van der Waals surface area contributed by atoms with Crippen LogP contribution in [-0.2, 0) is 11.2 Å². The highest BCUT2D eigenvalue weighted by molar-refractivity contribution is 5.76. The van der Waals surface area contributed by atoms with E-state index in [0.29, 0.717) is 11.3 Å². The summed E-state index contributed by atoms with van der Waals surface area (Å²) in [7, 11) is 0. The fourth-order valence-corrected chi connectivity index (χ4v) is 6.32. The molecule has 5 rings (SSSR count). The number of carbonyl (C=O) groups excluding carboxylic acids is 1. The lowest BCUT2D eigenvalue weighted by Gasteiger charge is -2.56. The van der Waals surface area contributed by atoms with Crippen molar-refractivity contribution in [3.8, 4) is 0 Å². The van der Waals surface area contributed by atoms with E-state index < -0.39 is 0 Å². The Morgan fingerprint density at radius 3 is 2.33 bits per heavy atom. The van der Waals surface area contributed by atoms with Crippen molar-refractivity contribution in [1.29, 1.82) is 0 Å². The third kappa shape index (κ3) is 3.25. The van der Waals surface area contributed by atoms with Gasteiger partial charge in [-0.2, -0.15) is 0 Å². The molecule has 1 aromatic carbocycles. The molecule has 0 atom stereocenters. The van der Waals surface area contributed by atoms with E-state index >= 15 is 0 Å². The zero-order valence-corrected chi connectivity index (χ0v) is 15.2. The van der Waals surface area contributed by atoms with Gasteiger partial charge in [0.25, 0.3) is 0 Å². The molecular weight excluding hydrogens is 294 g/mol. The lowest BCUT2D eigenvalue weighted by atomic mass is 9.49. The molecule has 4 bridgehead atoms. The number of hydrogen-bond donors (Lipinski definition) is 1. The van der Waals surface area contributed by atoms with Crippen molar-refractivity contribution < 1.29 is 4.79 Å². The highest BCUT2D eigenvalue weighted by atomic mass is 16.1. The van der Waals surface area contributed by atoms with Crippen molar-refractivity contribution in [2.45, 2.75) is 65.2 Å². The minimum Gasteiger partial charge on any atom is -0.356 e. The molecule has 1 aromatic rings. The van der Waals surface area contributed by atoms with Gasteiger partial charge in [-0.15, -0.1) is 0 Å². The number of nitrogens with one attached hydrogen (secondary N) is 1. The van der Waals surface area contributed by atoms with E-state index in [0.717, 1.165) is 37.1 Å². The maximum Gasteiger partial charge on any atom is 0.220 e. The van der Waals surface area contributed by atoms with Crippen LogP contribution < -0.4 is 5.32 Å². The molecule has 2 heteroatoms. The van der Waals surface area contributed by atoms with Crippen LogP contribution in [0.3, 0.4) is 0 Å². The Hall–Kier alpha value is -1.31. The topological polar surface area (TPSA) is 29.1 Å². The average Bonchev–Trinajstić information content (AvgIpc) is 2.48. The number of aryl methyl sites for hydroxylation is 2. The Kier molecular flexibility index (Phi) is 4.18. The summed E-state index contributed by atoms with van der Waals surface area (Å²) in [6.45, 7) is 5.07. The molecule has 2 nitrogen and oxygen atoms in total. The highest BCUT2D eigenvalue weighted by Crippen LogP contribution is 2.61. The van der Waals surface area contributed by atoms with Crippen molar-refractivity contribution in [3.63, 3.8) is 0 Å². The monoisotopic (exact) mass is 325 g/mol. The molecule has 0 heterocycles. The molecule has 0 aromatic heterocycles. The van der Waals surface area contributed by atoms with E-state index in [1.54, 1.807) is 0 Å². The van der Waals surface area contributed by atoms with E-state index in [1.807, 2.05) is 0 Å². The van der Waals surface area contributed by atoms with Crippen LogP contribution in [0.15, 0.2) is 18.2 Å². The molecule has 0 saturated heterocycles. The SMILES string of the molecule is Cc1ccc(C)c(CCNC(=O)CC23CC4CC(CC(C4)C2)C3)c1. The summed E-state index contributed by atoms with van der Waals surface area (Å²) in [4.78, 5) is 12.6. The second-order valence-electron chi connectivity index (χ2n) is 9.12. The molecule has 0 radical (unpaired) electrons. The zero-order valence-electron chi connectivity index (χ0n) is 15.2. The van der Waals surface area contributed by atoms with E-state index in [2.05, 4.69) is 37.4 Å². The second-order valence-corrected chi connectivity index (χ2v) is 9.12. The molecular formula is C22H31NO. The number of amides is 1. The van der Waals surface area contributed by atoms with Gasteiger partial charge in [-0.3, -0.25) is 4.79 Å².